The van der Waals surface area contributed by atoms with Crippen molar-refractivity contribution < 1.29 is 4.74 Å². The van der Waals surface area contributed by atoms with E-state index in [1.165, 1.54) is 24.0 Å². The van der Waals surface area contributed by atoms with Crippen LogP contribution in [0.15, 0.2) is 18.2 Å². The van der Waals surface area contributed by atoms with Crippen molar-refractivity contribution in [2.24, 2.45) is 11.1 Å². The second-order valence-electron chi connectivity index (χ2n) is 5.84. The first-order valence-corrected chi connectivity index (χ1v) is 6.68. The summed E-state index contributed by atoms with van der Waals surface area (Å²) < 4.78 is 5.52. The summed E-state index contributed by atoms with van der Waals surface area (Å²) in [6.45, 7) is 3.16. The van der Waals surface area contributed by atoms with Gasteiger partial charge in [0, 0.05) is 12.5 Å². The van der Waals surface area contributed by atoms with Gasteiger partial charge >= 0.3 is 0 Å². The molecule has 1 aliphatic carbocycles. The zero-order valence-corrected chi connectivity index (χ0v) is 10.5. The third-order valence-corrected chi connectivity index (χ3v) is 4.43. The SMILES string of the molecule is CC1(C(N)CCc2ccc3c(c2)CCO3)CC1. The highest BCUT2D eigenvalue weighted by molar-refractivity contribution is 5.39. The first-order valence-electron chi connectivity index (χ1n) is 6.68. The number of ether oxygens (including phenoxy) is 1. The molecule has 0 spiro atoms. The van der Waals surface area contributed by atoms with E-state index in [2.05, 4.69) is 25.1 Å². The highest BCUT2D eigenvalue weighted by Crippen LogP contribution is 2.48. The van der Waals surface area contributed by atoms with Gasteiger partial charge in [-0.05, 0) is 48.3 Å². The summed E-state index contributed by atoms with van der Waals surface area (Å²) in [5, 5.41) is 0. The van der Waals surface area contributed by atoms with E-state index in [1.54, 1.807) is 0 Å². The van der Waals surface area contributed by atoms with Gasteiger partial charge in [0.1, 0.15) is 5.75 Å². The average molecular weight is 231 g/mol. The molecule has 1 aromatic rings. The number of hydrogen-bond acceptors (Lipinski definition) is 2. The Balaban J connectivity index is 1.61. The van der Waals surface area contributed by atoms with Gasteiger partial charge in [0.25, 0.3) is 0 Å². The summed E-state index contributed by atoms with van der Waals surface area (Å²) in [7, 11) is 0. The first kappa shape index (κ1) is 11.1. The number of benzene rings is 1. The molecule has 1 aromatic carbocycles. The quantitative estimate of drug-likeness (QED) is 0.864. The molecule has 0 aromatic heterocycles. The largest absolute Gasteiger partial charge is 0.493 e. The van der Waals surface area contributed by atoms with Gasteiger partial charge in [-0.1, -0.05) is 19.1 Å². The van der Waals surface area contributed by atoms with E-state index in [-0.39, 0.29) is 0 Å². The molecule has 1 heterocycles. The fraction of sp³-hybridized carbons (Fsp3) is 0.600. The Kier molecular flexibility index (Phi) is 2.62. The molecule has 1 fully saturated rings. The maximum Gasteiger partial charge on any atom is 0.122 e. The minimum Gasteiger partial charge on any atom is -0.493 e. The van der Waals surface area contributed by atoms with Gasteiger partial charge in [-0.15, -0.1) is 0 Å². The van der Waals surface area contributed by atoms with Crippen LogP contribution >= 0.6 is 0 Å². The molecule has 3 rings (SSSR count). The van der Waals surface area contributed by atoms with Crippen molar-refractivity contribution in [3.05, 3.63) is 29.3 Å². The number of hydrogen-bond donors (Lipinski definition) is 1. The zero-order chi connectivity index (χ0) is 11.9. The van der Waals surface area contributed by atoms with E-state index in [1.807, 2.05) is 0 Å². The van der Waals surface area contributed by atoms with Gasteiger partial charge in [0.05, 0.1) is 6.61 Å². The number of rotatable bonds is 4. The van der Waals surface area contributed by atoms with Crippen LogP contribution < -0.4 is 10.5 Å². The van der Waals surface area contributed by atoms with Crippen molar-refractivity contribution in [3.63, 3.8) is 0 Å². The molecule has 1 unspecified atom stereocenters. The summed E-state index contributed by atoms with van der Waals surface area (Å²) in [5.74, 6) is 1.08. The molecule has 92 valence electrons. The molecule has 2 aliphatic rings. The first-order chi connectivity index (χ1) is 8.17. The number of fused-ring (bicyclic) bond motifs is 1. The Morgan fingerprint density at radius 2 is 2.24 bits per heavy atom. The standard InChI is InChI=1S/C15H21NO/c1-15(7-8-15)14(16)5-3-11-2-4-13-12(10-11)6-9-17-13/h2,4,10,14H,3,5-9,16H2,1H3. The van der Waals surface area contributed by atoms with Crippen LogP contribution in [0.1, 0.15) is 37.3 Å². The molecular formula is C15H21NO. The van der Waals surface area contributed by atoms with Gasteiger partial charge in [0.15, 0.2) is 0 Å². The zero-order valence-electron chi connectivity index (χ0n) is 10.5. The smallest absolute Gasteiger partial charge is 0.122 e. The van der Waals surface area contributed by atoms with Gasteiger partial charge in [-0.25, -0.2) is 0 Å². The normalized spacial score (nSPS) is 21.8. The molecule has 1 atom stereocenters. The summed E-state index contributed by atoms with van der Waals surface area (Å²) in [4.78, 5) is 0. The van der Waals surface area contributed by atoms with Crippen LogP contribution in [0.3, 0.4) is 0 Å². The van der Waals surface area contributed by atoms with Crippen molar-refractivity contribution in [3.8, 4) is 5.75 Å². The molecule has 1 saturated carbocycles. The van der Waals surface area contributed by atoms with Crippen LogP contribution in [0.25, 0.3) is 0 Å². The lowest BCUT2D eigenvalue weighted by molar-refractivity contribution is 0.357. The van der Waals surface area contributed by atoms with Crippen molar-refractivity contribution in [2.75, 3.05) is 6.61 Å². The van der Waals surface area contributed by atoms with Gasteiger partial charge in [-0.3, -0.25) is 0 Å². The van der Waals surface area contributed by atoms with E-state index in [0.717, 1.165) is 31.6 Å². The predicted octanol–water partition coefficient (Wildman–Crippen LogP) is 2.68. The Bertz CT molecular complexity index is 423. The monoisotopic (exact) mass is 231 g/mol. The third-order valence-electron chi connectivity index (χ3n) is 4.43. The van der Waals surface area contributed by atoms with E-state index in [0.29, 0.717) is 11.5 Å². The molecule has 0 bridgehead atoms. The van der Waals surface area contributed by atoms with Crippen molar-refractivity contribution in [1.82, 2.24) is 0 Å². The lowest BCUT2D eigenvalue weighted by atomic mass is 9.93. The van der Waals surface area contributed by atoms with Crippen LogP contribution in [0, 0.1) is 5.41 Å². The van der Waals surface area contributed by atoms with Gasteiger partial charge in [0.2, 0.25) is 0 Å². The van der Waals surface area contributed by atoms with Crippen LogP contribution in [0.4, 0.5) is 0 Å². The summed E-state index contributed by atoms with van der Waals surface area (Å²) >= 11 is 0. The molecule has 0 amide bonds. The molecule has 2 N–H and O–H groups in total. The summed E-state index contributed by atoms with van der Waals surface area (Å²) in [6.07, 6.45) is 5.89. The van der Waals surface area contributed by atoms with E-state index in [9.17, 15) is 0 Å². The number of aryl methyl sites for hydroxylation is 1. The Morgan fingerprint density at radius 3 is 3.00 bits per heavy atom. The van der Waals surface area contributed by atoms with E-state index >= 15 is 0 Å². The molecule has 17 heavy (non-hydrogen) atoms. The van der Waals surface area contributed by atoms with Crippen LogP contribution in [0.5, 0.6) is 5.75 Å². The second kappa shape index (κ2) is 4.02. The topological polar surface area (TPSA) is 35.2 Å². The Labute approximate surface area is 103 Å². The predicted molar refractivity (Wildman–Crippen MR) is 69.3 cm³/mol. The van der Waals surface area contributed by atoms with Gasteiger partial charge in [-0.2, -0.15) is 0 Å². The Hall–Kier alpha value is -1.02. The molecule has 0 saturated heterocycles. The minimum absolute atomic E-state index is 0.368. The summed E-state index contributed by atoms with van der Waals surface area (Å²) in [5.41, 5.74) is 9.47. The number of nitrogens with two attached hydrogens (primary N) is 1. The maximum absolute atomic E-state index is 6.25. The van der Waals surface area contributed by atoms with Crippen LogP contribution in [-0.2, 0) is 12.8 Å². The van der Waals surface area contributed by atoms with Crippen molar-refractivity contribution in [1.29, 1.82) is 0 Å². The van der Waals surface area contributed by atoms with E-state index < -0.39 is 0 Å². The highest BCUT2D eigenvalue weighted by Gasteiger charge is 2.42. The summed E-state index contributed by atoms with van der Waals surface area (Å²) in [6, 6.07) is 6.96. The molecule has 2 nitrogen and oxygen atoms in total. The molecule has 1 aliphatic heterocycles. The van der Waals surface area contributed by atoms with Crippen LogP contribution in [-0.4, -0.2) is 12.6 Å². The fourth-order valence-electron chi connectivity index (χ4n) is 2.63. The molecule has 0 radical (unpaired) electrons. The van der Waals surface area contributed by atoms with Crippen molar-refractivity contribution in [2.45, 2.75) is 45.1 Å². The fourth-order valence-corrected chi connectivity index (χ4v) is 2.63. The lowest BCUT2D eigenvalue weighted by Gasteiger charge is -2.18. The van der Waals surface area contributed by atoms with Crippen LogP contribution in [0.2, 0.25) is 0 Å². The van der Waals surface area contributed by atoms with Crippen molar-refractivity contribution >= 4 is 0 Å². The molecular weight excluding hydrogens is 210 g/mol. The minimum atomic E-state index is 0.368. The van der Waals surface area contributed by atoms with Gasteiger partial charge < -0.3 is 10.5 Å². The average Bonchev–Trinajstić information content (AvgIpc) is 2.93. The Morgan fingerprint density at radius 1 is 1.41 bits per heavy atom. The van der Waals surface area contributed by atoms with E-state index in [4.69, 9.17) is 10.5 Å². The molecule has 2 heteroatoms. The maximum atomic E-state index is 6.25. The third kappa shape index (κ3) is 2.19. The second-order valence-corrected chi connectivity index (χ2v) is 5.84. The highest BCUT2D eigenvalue weighted by atomic mass is 16.5. The lowest BCUT2D eigenvalue weighted by Crippen LogP contribution is -2.30.